The van der Waals surface area contributed by atoms with Gasteiger partial charge in [-0.15, -0.1) is 0 Å². The van der Waals surface area contributed by atoms with Crippen molar-refractivity contribution < 1.29 is 13.3 Å². The van der Waals surface area contributed by atoms with Gasteiger partial charge in [-0.25, -0.2) is 8.78 Å². The highest BCUT2D eigenvalue weighted by molar-refractivity contribution is 5.30. The number of rotatable bonds is 5. The van der Waals surface area contributed by atoms with Gasteiger partial charge in [-0.2, -0.15) is 4.98 Å². The zero-order chi connectivity index (χ0) is 19.7. The summed E-state index contributed by atoms with van der Waals surface area (Å²) in [6, 6.07) is 4.43. The predicted octanol–water partition coefficient (Wildman–Crippen LogP) is 4.21. The maximum atomic E-state index is 13.9. The molecule has 0 amide bonds. The van der Waals surface area contributed by atoms with E-state index in [0.717, 1.165) is 45.4 Å². The van der Waals surface area contributed by atoms with E-state index < -0.39 is 11.6 Å². The van der Waals surface area contributed by atoms with Crippen LogP contribution in [-0.4, -0.2) is 41.2 Å². The largest absolute Gasteiger partial charge is 0.338 e. The summed E-state index contributed by atoms with van der Waals surface area (Å²) in [5.41, 5.74) is 0.448. The molecular formula is C21H28F2N4O. The Morgan fingerprint density at radius 1 is 1.11 bits per heavy atom. The molecule has 3 heterocycles. The molecule has 0 saturated carbocycles. The third kappa shape index (κ3) is 4.04. The van der Waals surface area contributed by atoms with Crippen LogP contribution in [0.25, 0.3) is 0 Å². The van der Waals surface area contributed by atoms with E-state index in [1.165, 1.54) is 6.07 Å². The summed E-state index contributed by atoms with van der Waals surface area (Å²) in [5, 5.41) is 4.14. The fourth-order valence-electron chi connectivity index (χ4n) is 4.44. The quantitative estimate of drug-likeness (QED) is 0.765. The Labute approximate surface area is 164 Å². The molecule has 0 aliphatic carbocycles. The summed E-state index contributed by atoms with van der Waals surface area (Å²) in [7, 11) is 0. The molecule has 2 saturated heterocycles. The molecule has 0 radical (unpaired) electrons. The lowest BCUT2D eigenvalue weighted by molar-refractivity contribution is 0.145. The Bertz CT molecular complexity index is 801. The lowest BCUT2D eigenvalue weighted by atomic mass is 9.83. The van der Waals surface area contributed by atoms with Gasteiger partial charge in [-0.1, -0.05) is 26.0 Å². The van der Waals surface area contributed by atoms with Crippen molar-refractivity contribution in [2.45, 2.75) is 45.6 Å². The van der Waals surface area contributed by atoms with Crippen LogP contribution in [0.5, 0.6) is 0 Å². The van der Waals surface area contributed by atoms with E-state index in [1.54, 1.807) is 12.1 Å². The van der Waals surface area contributed by atoms with Crippen molar-refractivity contribution in [1.82, 2.24) is 15.0 Å². The summed E-state index contributed by atoms with van der Waals surface area (Å²) in [6.45, 7) is 8.37. The fourth-order valence-corrected chi connectivity index (χ4v) is 4.44. The summed E-state index contributed by atoms with van der Waals surface area (Å²) >= 11 is 0. The fraction of sp³-hybridized carbons (Fsp3) is 0.619. The molecule has 5 nitrogen and oxygen atoms in total. The van der Waals surface area contributed by atoms with Crippen LogP contribution in [0.1, 0.15) is 50.5 Å². The average molecular weight is 390 g/mol. The third-order valence-electron chi connectivity index (χ3n) is 6.16. The Morgan fingerprint density at radius 3 is 2.57 bits per heavy atom. The summed E-state index contributed by atoms with van der Waals surface area (Å²) in [6.07, 6.45) is 3.34. The SMILES string of the molecule is CC(C)c1nc(N2CC[C@H](C3CCN(Cc4cccc(F)c4F)CC3)C2)no1. The highest BCUT2D eigenvalue weighted by atomic mass is 19.2. The third-order valence-corrected chi connectivity index (χ3v) is 6.16. The Kier molecular flexibility index (Phi) is 5.62. The topological polar surface area (TPSA) is 45.4 Å². The number of hydrogen-bond acceptors (Lipinski definition) is 5. The van der Waals surface area contributed by atoms with Crippen LogP contribution in [0.2, 0.25) is 0 Å². The monoisotopic (exact) mass is 390 g/mol. The van der Waals surface area contributed by atoms with Crippen LogP contribution < -0.4 is 4.90 Å². The molecule has 28 heavy (non-hydrogen) atoms. The average Bonchev–Trinajstić information content (AvgIpc) is 3.35. The van der Waals surface area contributed by atoms with E-state index >= 15 is 0 Å². The van der Waals surface area contributed by atoms with Crippen LogP contribution in [0.4, 0.5) is 14.7 Å². The Hall–Kier alpha value is -2.02. The van der Waals surface area contributed by atoms with Gasteiger partial charge in [0.2, 0.25) is 5.89 Å². The van der Waals surface area contributed by atoms with E-state index in [-0.39, 0.29) is 5.92 Å². The maximum absolute atomic E-state index is 13.9. The first-order valence-electron chi connectivity index (χ1n) is 10.2. The molecule has 2 fully saturated rings. The molecule has 2 aromatic rings. The molecule has 4 rings (SSSR count). The number of benzene rings is 1. The Balaban J connectivity index is 1.29. The van der Waals surface area contributed by atoms with E-state index in [4.69, 9.17) is 4.52 Å². The molecule has 1 atom stereocenters. The normalized spacial score (nSPS) is 21.8. The van der Waals surface area contributed by atoms with Gasteiger partial charge in [0.1, 0.15) is 0 Å². The van der Waals surface area contributed by atoms with Crippen molar-refractivity contribution in [3.63, 3.8) is 0 Å². The zero-order valence-electron chi connectivity index (χ0n) is 16.6. The standard InChI is InChI=1S/C21H28F2N4O/c1-14(2)20-24-21(25-28-20)27-11-8-16(13-27)15-6-9-26(10-7-15)12-17-4-3-5-18(22)19(17)23/h3-5,14-16H,6-13H2,1-2H3/t16-/m0/s1. The molecule has 7 heteroatoms. The first kappa shape index (κ1) is 19.3. The van der Waals surface area contributed by atoms with Crippen molar-refractivity contribution in [1.29, 1.82) is 0 Å². The highest BCUT2D eigenvalue weighted by Crippen LogP contribution is 2.34. The minimum absolute atomic E-state index is 0.243. The van der Waals surface area contributed by atoms with Crippen LogP contribution in [0.3, 0.4) is 0 Å². The number of halogens is 2. The molecule has 0 spiro atoms. The molecule has 1 aromatic carbocycles. The van der Waals surface area contributed by atoms with Crippen LogP contribution in [0, 0.1) is 23.5 Å². The predicted molar refractivity (Wildman–Crippen MR) is 103 cm³/mol. The molecule has 152 valence electrons. The lowest BCUT2D eigenvalue weighted by Gasteiger charge is -2.34. The molecule has 2 aliphatic heterocycles. The Morgan fingerprint density at radius 2 is 1.86 bits per heavy atom. The summed E-state index contributed by atoms with van der Waals surface area (Å²) in [4.78, 5) is 8.98. The maximum Gasteiger partial charge on any atom is 0.266 e. The van der Waals surface area contributed by atoms with Crippen molar-refractivity contribution in [2.75, 3.05) is 31.1 Å². The first-order valence-corrected chi connectivity index (χ1v) is 10.2. The smallest absolute Gasteiger partial charge is 0.266 e. The number of aromatic nitrogens is 2. The number of likely N-dealkylation sites (tertiary alicyclic amines) is 1. The second-order valence-electron chi connectivity index (χ2n) is 8.41. The van der Waals surface area contributed by atoms with Crippen molar-refractivity contribution >= 4 is 5.95 Å². The molecule has 1 aromatic heterocycles. The van der Waals surface area contributed by atoms with E-state index in [9.17, 15) is 8.78 Å². The minimum atomic E-state index is -0.763. The van der Waals surface area contributed by atoms with Gasteiger partial charge >= 0.3 is 0 Å². The highest BCUT2D eigenvalue weighted by Gasteiger charge is 2.33. The van der Waals surface area contributed by atoms with Gasteiger partial charge in [0.25, 0.3) is 5.95 Å². The van der Waals surface area contributed by atoms with Gasteiger partial charge in [0.05, 0.1) is 0 Å². The molecule has 0 bridgehead atoms. The van der Waals surface area contributed by atoms with E-state index in [0.29, 0.717) is 35.8 Å². The minimum Gasteiger partial charge on any atom is -0.338 e. The summed E-state index contributed by atoms with van der Waals surface area (Å²) < 4.78 is 32.7. The van der Waals surface area contributed by atoms with Crippen molar-refractivity contribution in [3.8, 4) is 0 Å². The number of nitrogens with zero attached hydrogens (tertiary/aromatic N) is 4. The van der Waals surface area contributed by atoms with Gasteiger partial charge < -0.3 is 9.42 Å². The van der Waals surface area contributed by atoms with Crippen LogP contribution >= 0.6 is 0 Å². The van der Waals surface area contributed by atoms with Crippen LogP contribution in [0.15, 0.2) is 22.7 Å². The molecular weight excluding hydrogens is 362 g/mol. The number of hydrogen-bond donors (Lipinski definition) is 0. The lowest BCUT2D eigenvalue weighted by Crippen LogP contribution is -2.36. The zero-order valence-corrected chi connectivity index (χ0v) is 16.6. The van der Waals surface area contributed by atoms with E-state index in [2.05, 4.69) is 19.9 Å². The summed E-state index contributed by atoms with van der Waals surface area (Å²) in [5.74, 6) is 1.47. The molecule has 0 N–H and O–H groups in total. The first-order chi connectivity index (χ1) is 13.5. The van der Waals surface area contributed by atoms with Gasteiger partial charge in [-0.05, 0) is 55.4 Å². The van der Waals surface area contributed by atoms with E-state index in [1.807, 2.05) is 13.8 Å². The van der Waals surface area contributed by atoms with Crippen LogP contribution in [-0.2, 0) is 6.54 Å². The van der Waals surface area contributed by atoms with Gasteiger partial charge in [-0.3, -0.25) is 4.90 Å². The van der Waals surface area contributed by atoms with Gasteiger partial charge in [0, 0.05) is 31.1 Å². The second kappa shape index (κ2) is 8.15. The molecule has 2 aliphatic rings. The van der Waals surface area contributed by atoms with Gasteiger partial charge in [0.15, 0.2) is 11.6 Å². The van der Waals surface area contributed by atoms with Crippen molar-refractivity contribution in [3.05, 3.63) is 41.3 Å². The molecule has 0 unspecified atom stereocenters. The second-order valence-corrected chi connectivity index (χ2v) is 8.41. The number of anilines is 1. The number of piperidine rings is 1. The van der Waals surface area contributed by atoms with Crippen molar-refractivity contribution in [2.24, 2.45) is 11.8 Å².